The lowest BCUT2D eigenvalue weighted by Crippen LogP contribution is -2.36. The molecule has 2 aromatic heterocycles. The van der Waals surface area contributed by atoms with E-state index in [2.05, 4.69) is 34.0 Å². The van der Waals surface area contributed by atoms with Crippen molar-refractivity contribution in [2.75, 3.05) is 45.2 Å². The topological polar surface area (TPSA) is 79.7 Å². The highest BCUT2D eigenvalue weighted by Crippen LogP contribution is 2.18. The van der Waals surface area contributed by atoms with Crippen LogP contribution in [0.1, 0.15) is 39.3 Å². The second-order valence-corrected chi connectivity index (χ2v) is 7.40. The van der Waals surface area contributed by atoms with Gasteiger partial charge in [-0.3, -0.25) is 9.89 Å². The smallest absolute Gasteiger partial charge is 0.127 e. The fraction of sp³-hybridized carbons (Fsp3) is 0.500. The number of carbonyl (C=O) groups excluding carboxylic acids is 1. The van der Waals surface area contributed by atoms with Crippen LogP contribution >= 0.6 is 0 Å². The second kappa shape index (κ2) is 13.6. The first kappa shape index (κ1) is 24.6. The van der Waals surface area contributed by atoms with E-state index in [4.69, 9.17) is 9.72 Å². The first-order chi connectivity index (χ1) is 15.1. The average Bonchev–Trinajstić information content (AvgIpc) is 2.83. The number of carbonyl (C=O) groups is 1. The molecule has 0 bridgehead atoms. The van der Waals surface area contributed by atoms with E-state index < -0.39 is 0 Å². The number of ether oxygens (including phenoxy) is 1. The first-order valence-electron chi connectivity index (χ1n) is 11.0. The molecule has 3 rings (SSSR count). The molecule has 0 aliphatic carbocycles. The van der Waals surface area contributed by atoms with E-state index in [1.165, 1.54) is 0 Å². The predicted octanol–water partition coefficient (Wildman–Crippen LogP) is 3.85. The number of nitrogens with one attached hydrogen (secondary N) is 1. The summed E-state index contributed by atoms with van der Waals surface area (Å²) in [6, 6.07) is 6.35. The van der Waals surface area contributed by atoms with E-state index in [1.54, 1.807) is 0 Å². The Morgan fingerprint density at radius 3 is 2.77 bits per heavy atom. The molecule has 31 heavy (non-hydrogen) atoms. The summed E-state index contributed by atoms with van der Waals surface area (Å²) in [5.41, 5.74) is 2.91. The Morgan fingerprint density at radius 1 is 1.35 bits per heavy atom. The van der Waals surface area contributed by atoms with Gasteiger partial charge in [0, 0.05) is 68.6 Å². The number of anilines is 1. The molecule has 1 N–H and O–H groups in total. The normalized spacial score (nSPS) is 16.1. The van der Waals surface area contributed by atoms with Crippen LogP contribution in [0.2, 0.25) is 0 Å². The monoisotopic (exact) mass is 425 g/mol. The minimum absolute atomic E-state index is 0.334. The SMILES string of the molecule is C/C=C(\C=NC(C)CC)c1ccc2cnc(NC)cc2n1.O=CCCN1CCOCC1. The average molecular weight is 426 g/mol. The van der Waals surface area contributed by atoms with Gasteiger partial charge in [-0.05, 0) is 32.4 Å². The standard InChI is InChI=1S/C17H22N4.C7H13NO2/c1-5-12(3)19-10-13(6-2)15-8-7-14-11-20-17(18-4)9-16(14)21-15;9-5-1-2-8-3-6-10-7-4-8/h6-12H,5H2,1-4H3,(H,18,20);5H,1-4,6-7H2/b13-6+,19-10?;. The molecule has 1 atom stereocenters. The molecule has 0 spiro atoms. The van der Waals surface area contributed by atoms with Crippen LogP contribution in [-0.4, -0.2) is 73.3 Å². The van der Waals surface area contributed by atoms with Crippen molar-refractivity contribution in [3.63, 3.8) is 0 Å². The zero-order valence-corrected chi connectivity index (χ0v) is 19.2. The highest BCUT2D eigenvalue weighted by Gasteiger charge is 2.08. The molecule has 3 heterocycles. The van der Waals surface area contributed by atoms with E-state index in [9.17, 15) is 4.79 Å². The fourth-order valence-electron chi connectivity index (χ4n) is 2.98. The summed E-state index contributed by atoms with van der Waals surface area (Å²) in [5.74, 6) is 0.822. The zero-order valence-electron chi connectivity index (χ0n) is 19.2. The summed E-state index contributed by atoms with van der Waals surface area (Å²) in [6.07, 6.45) is 8.45. The van der Waals surface area contributed by atoms with Crippen molar-refractivity contribution in [3.8, 4) is 0 Å². The molecule has 0 amide bonds. The fourth-order valence-corrected chi connectivity index (χ4v) is 2.98. The number of aliphatic imine (C=N–C) groups is 1. The summed E-state index contributed by atoms with van der Waals surface area (Å²) in [4.78, 5) is 25.8. The molecule has 7 nitrogen and oxygen atoms in total. The van der Waals surface area contributed by atoms with Crippen LogP contribution in [0, 0.1) is 0 Å². The largest absolute Gasteiger partial charge is 0.379 e. The molecule has 168 valence electrons. The number of fused-ring (bicyclic) bond motifs is 1. The Morgan fingerprint density at radius 2 is 2.13 bits per heavy atom. The molecule has 7 heteroatoms. The number of nitrogens with zero attached hydrogens (tertiary/aromatic N) is 4. The Bertz CT molecular complexity index is 875. The molecular weight excluding hydrogens is 390 g/mol. The molecule has 1 unspecified atom stereocenters. The quantitative estimate of drug-likeness (QED) is 0.511. The Balaban J connectivity index is 0.000000285. The third kappa shape index (κ3) is 8.19. The number of allylic oxidation sites excluding steroid dienone is 2. The second-order valence-electron chi connectivity index (χ2n) is 7.40. The van der Waals surface area contributed by atoms with Crippen LogP contribution in [0.3, 0.4) is 0 Å². The Hall–Kier alpha value is -2.64. The van der Waals surface area contributed by atoms with Crippen LogP contribution in [0.15, 0.2) is 35.5 Å². The van der Waals surface area contributed by atoms with Crippen LogP contribution in [0.25, 0.3) is 16.5 Å². The van der Waals surface area contributed by atoms with Gasteiger partial charge in [0.25, 0.3) is 0 Å². The number of hydrogen-bond acceptors (Lipinski definition) is 7. The summed E-state index contributed by atoms with van der Waals surface area (Å²) in [7, 11) is 1.86. The zero-order chi connectivity index (χ0) is 22.5. The van der Waals surface area contributed by atoms with Crippen molar-refractivity contribution in [3.05, 3.63) is 36.2 Å². The van der Waals surface area contributed by atoms with Gasteiger partial charge in [0.2, 0.25) is 0 Å². The number of morpholine rings is 1. The van der Waals surface area contributed by atoms with Crippen LogP contribution in [0.4, 0.5) is 5.82 Å². The predicted molar refractivity (Wildman–Crippen MR) is 129 cm³/mol. The molecule has 1 aliphatic rings. The highest BCUT2D eigenvalue weighted by molar-refractivity contribution is 6.09. The van der Waals surface area contributed by atoms with Gasteiger partial charge in [-0.25, -0.2) is 9.97 Å². The Labute approximate surface area is 185 Å². The van der Waals surface area contributed by atoms with E-state index in [0.717, 1.165) is 73.5 Å². The molecular formula is C24H35N5O2. The number of aromatic nitrogens is 2. The minimum atomic E-state index is 0.334. The van der Waals surface area contributed by atoms with Gasteiger partial charge in [-0.2, -0.15) is 0 Å². The number of rotatable bonds is 8. The number of aldehydes is 1. The Kier molecular flexibility index (Phi) is 10.8. The summed E-state index contributed by atoms with van der Waals surface area (Å²) in [6.45, 7) is 10.8. The summed E-state index contributed by atoms with van der Waals surface area (Å²) in [5, 5.41) is 4.07. The molecule has 0 aromatic carbocycles. The van der Waals surface area contributed by atoms with E-state index in [-0.39, 0.29) is 0 Å². The maximum atomic E-state index is 9.99. The van der Waals surface area contributed by atoms with Crippen molar-refractivity contribution in [1.29, 1.82) is 0 Å². The van der Waals surface area contributed by atoms with Gasteiger partial charge in [0.05, 0.1) is 24.4 Å². The lowest BCUT2D eigenvalue weighted by Gasteiger charge is -2.25. The van der Waals surface area contributed by atoms with Gasteiger partial charge in [-0.15, -0.1) is 0 Å². The van der Waals surface area contributed by atoms with Crippen molar-refractivity contribution >= 4 is 34.8 Å². The van der Waals surface area contributed by atoms with Gasteiger partial charge in [-0.1, -0.05) is 13.0 Å². The van der Waals surface area contributed by atoms with E-state index >= 15 is 0 Å². The van der Waals surface area contributed by atoms with Gasteiger partial charge < -0.3 is 14.8 Å². The van der Waals surface area contributed by atoms with Crippen molar-refractivity contribution in [1.82, 2.24) is 14.9 Å². The van der Waals surface area contributed by atoms with Gasteiger partial charge >= 0.3 is 0 Å². The third-order valence-electron chi connectivity index (χ3n) is 5.16. The lowest BCUT2D eigenvalue weighted by molar-refractivity contribution is -0.108. The molecule has 0 radical (unpaired) electrons. The molecule has 2 aromatic rings. The van der Waals surface area contributed by atoms with Crippen LogP contribution in [-0.2, 0) is 9.53 Å². The van der Waals surface area contributed by atoms with Crippen LogP contribution in [0.5, 0.6) is 0 Å². The summed E-state index contributed by atoms with van der Waals surface area (Å²) >= 11 is 0. The maximum Gasteiger partial charge on any atom is 0.127 e. The molecule has 1 aliphatic heterocycles. The van der Waals surface area contributed by atoms with E-state index in [0.29, 0.717) is 12.5 Å². The number of pyridine rings is 2. The molecule has 1 fully saturated rings. The van der Waals surface area contributed by atoms with E-state index in [1.807, 2.05) is 50.7 Å². The van der Waals surface area contributed by atoms with Crippen molar-refractivity contribution < 1.29 is 9.53 Å². The molecule has 0 saturated carbocycles. The first-order valence-corrected chi connectivity index (χ1v) is 11.0. The lowest BCUT2D eigenvalue weighted by atomic mass is 10.1. The minimum Gasteiger partial charge on any atom is -0.379 e. The van der Waals surface area contributed by atoms with Crippen LogP contribution < -0.4 is 5.32 Å². The third-order valence-corrected chi connectivity index (χ3v) is 5.16. The van der Waals surface area contributed by atoms with Crippen molar-refractivity contribution in [2.24, 2.45) is 4.99 Å². The van der Waals surface area contributed by atoms with Crippen molar-refractivity contribution in [2.45, 2.75) is 39.7 Å². The number of hydrogen-bond donors (Lipinski definition) is 1. The molecule has 1 saturated heterocycles. The van der Waals surface area contributed by atoms with Gasteiger partial charge in [0.1, 0.15) is 12.1 Å². The highest BCUT2D eigenvalue weighted by atomic mass is 16.5. The van der Waals surface area contributed by atoms with Gasteiger partial charge in [0.15, 0.2) is 0 Å². The summed E-state index contributed by atoms with van der Waals surface area (Å²) < 4.78 is 5.15. The maximum absolute atomic E-state index is 9.99.